The Morgan fingerprint density at radius 3 is 2.77 bits per heavy atom. The van der Waals surface area contributed by atoms with E-state index in [1.54, 1.807) is 13.0 Å². The van der Waals surface area contributed by atoms with Gasteiger partial charge in [-0.25, -0.2) is 0 Å². The normalized spacial score (nSPS) is 16.5. The molecule has 0 radical (unpaired) electrons. The van der Waals surface area contributed by atoms with Gasteiger partial charge in [0.1, 0.15) is 5.76 Å². The Morgan fingerprint density at radius 2 is 2.18 bits per heavy atom. The summed E-state index contributed by atoms with van der Waals surface area (Å²) in [6, 6.07) is 1.68. The van der Waals surface area contributed by atoms with Crippen molar-refractivity contribution in [3.05, 3.63) is 11.8 Å². The fraction of sp³-hybridized carbons (Fsp3) is 0.667. The number of amides is 1. The maximum absolute atomic E-state index is 11.8. The Kier molecular flexibility index (Phi) is 5.94. The Bertz CT molecular complexity index is 507. The summed E-state index contributed by atoms with van der Waals surface area (Å²) in [6.45, 7) is 6.34. The summed E-state index contributed by atoms with van der Waals surface area (Å²) >= 11 is 0. The standard InChI is InChI=1S/C15H23N3O4/c1-3-21-15(20)12-4-7-18(8-5-12)9-6-14(19)16-13-10-11(2)22-17-13/h10,12H,3-9H2,1-2H3,(H,16,17,19). The van der Waals surface area contributed by atoms with Gasteiger partial charge in [-0.15, -0.1) is 0 Å². The predicted octanol–water partition coefficient (Wildman–Crippen LogP) is 1.59. The second-order valence-corrected chi connectivity index (χ2v) is 5.49. The van der Waals surface area contributed by atoms with Gasteiger partial charge in [-0.05, 0) is 39.8 Å². The van der Waals surface area contributed by atoms with Gasteiger partial charge >= 0.3 is 5.97 Å². The van der Waals surface area contributed by atoms with Crippen molar-refractivity contribution in [2.24, 2.45) is 5.92 Å². The van der Waals surface area contributed by atoms with Gasteiger partial charge in [0, 0.05) is 19.0 Å². The van der Waals surface area contributed by atoms with E-state index in [1.165, 1.54) is 0 Å². The number of rotatable bonds is 6. The topological polar surface area (TPSA) is 84.7 Å². The Balaban J connectivity index is 1.66. The van der Waals surface area contributed by atoms with Gasteiger partial charge < -0.3 is 19.5 Å². The SMILES string of the molecule is CCOC(=O)C1CCN(CCC(=O)Nc2cc(C)on2)CC1. The van der Waals surface area contributed by atoms with Crippen LogP contribution >= 0.6 is 0 Å². The average molecular weight is 309 g/mol. The van der Waals surface area contributed by atoms with Crippen molar-refractivity contribution in [1.29, 1.82) is 0 Å². The zero-order valence-electron chi connectivity index (χ0n) is 13.1. The zero-order chi connectivity index (χ0) is 15.9. The highest BCUT2D eigenvalue weighted by Crippen LogP contribution is 2.18. The van der Waals surface area contributed by atoms with E-state index >= 15 is 0 Å². The number of carbonyl (C=O) groups is 2. The highest BCUT2D eigenvalue weighted by Gasteiger charge is 2.25. The van der Waals surface area contributed by atoms with Crippen molar-refractivity contribution in [1.82, 2.24) is 10.1 Å². The van der Waals surface area contributed by atoms with Crippen LogP contribution in [0.2, 0.25) is 0 Å². The largest absolute Gasteiger partial charge is 0.466 e. The molecule has 0 bridgehead atoms. The second-order valence-electron chi connectivity index (χ2n) is 5.49. The molecule has 22 heavy (non-hydrogen) atoms. The van der Waals surface area contributed by atoms with E-state index in [-0.39, 0.29) is 17.8 Å². The highest BCUT2D eigenvalue weighted by atomic mass is 16.5. The number of likely N-dealkylation sites (tertiary alicyclic amines) is 1. The van der Waals surface area contributed by atoms with E-state index in [0.29, 0.717) is 31.2 Å². The molecule has 0 saturated carbocycles. The minimum atomic E-state index is -0.0960. The van der Waals surface area contributed by atoms with Crippen LogP contribution in [0.25, 0.3) is 0 Å². The maximum atomic E-state index is 11.8. The number of hydrogen-bond acceptors (Lipinski definition) is 6. The lowest BCUT2D eigenvalue weighted by Gasteiger charge is -2.30. The smallest absolute Gasteiger partial charge is 0.309 e. The molecule has 1 saturated heterocycles. The summed E-state index contributed by atoms with van der Waals surface area (Å²) in [5.74, 6) is 0.935. The average Bonchev–Trinajstić information content (AvgIpc) is 2.91. The van der Waals surface area contributed by atoms with Crippen molar-refractivity contribution >= 4 is 17.7 Å². The lowest BCUT2D eigenvalue weighted by atomic mass is 9.97. The van der Waals surface area contributed by atoms with Gasteiger partial charge in [-0.1, -0.05) is 5.16 Å². The van der Waals surface area contributed by atoms with Gasteiger partial charge in [0.15, 0.2) is 5.82 Å². The van der Waals surface area contributed by atoms with Crippen molar-refractivity contribution < 1.29 is 18.8 Å². The van der Waals surface area contributed by atoms with Crippen LogP contribution in [0, 0.1) is 12.8 Å². The van der Waals surface area contributed by atoms with E-state index in [0.717, 1.165) is 25.9 Å². The summed E-state index contributed by atoms with van der Waals surface area (Å²) in [5, 5.41) is 6.43. The molecule has 1 N–H and O–H groups in total. The molecule has 1 aliphatic rings. The summed E-state index contributed by atoms with van der Waals surface area (Å²) in [4.78, 5) is 25.7. The van der Waals surface area contributed by atoms with Crippen LogP contribution in [-0.2, 0) is 14.3 Å². The molecular formula is C15H23N3O4. The fourth-order valence-corrected chi connectivity index (χ4v) is 2.54. The highest BCUT2D eigenvalue weighted by molar-refractivity contribution is 5.89. The monoisotopic (exact) mass is 309 g/mol. The number of aryl methyl sites for hydroxylation is 1. The number of nitrogens with zero attached hydrogens (tertiary/aromatic N) is 2. The first-order chi connectivity index (χ1) is 10.6. The molecular weight excluding hydrogens is 286 g/mol. The lowest BCUT2D eigenvalue weighted by Crippen LogP contribution is -2.38. The van der Waals surface area contributed by atoms with Crippen molar-refractivity contribution in [2.75, 3.05) is 31.6 Å². The van der Waals surface area contributed by atoms with E-state index in [4.69, 9.17) is 9.26 Å². The van der Waals surface area contributed by atoms with E-state index < -0.39 is 0 Å². The molecule has 1 aliphatic heterocycles. The first-order valence-corrected chi connectivity index (χ1v) is 7.70. The number of esters is 1. The Hall–Kier alpha value is -1.89. The van der Waals surface area contributed by atoms with Gasteiger partial charge in [0.05, 0.1) is 12.5 Å². The number of anilines is 1. The van der Waals surface area contributed by atoms with Crippen LogP contribution in [0.5, 0.6) is 0 Å². The summed E-state index contributed by atoms with van der Waals surface area (Å²) < 4.78 is 9.94. The third kappa shape index (κ3) is 4.84. The number of hydrogen-bond donors (Lipinski definition) is 1. The fourth-order valence-electron chi connectivity index (χ4n) is 2.54. The molecule has 0 aromatic carbocycles. The lowest BCUT2D eigenvalue weighted by molar-refractivity contribution is -0.149. The molecule has 122 valence electrons. The first-order valence-electron chi connectivity index (χ1n) is 7.70. The van der Waals surface area contributed by atoms with Gasteiger partial charge in [-0.2, -0.15) is 0 Å². The minimum absolute atomic E-state index is 0.00290. The quantitative estimate of drug-likeness (QED) is 0.803. The molecule has 1 aromatic rings. The second kappa shape index (κ2) is 7.93. The molecule has 1 amide bonds. The molecule has 2 heterocycles. The predicted molar refractivity (Wildman–Crippen MR) is 80.3 cm³/mol. The molecule has 0 atom stereocenters. The molecule has 7 heteroatoms. The van der Waals surface area contributed by atoms with Gasteiger partial charge in [0.2, 0.25) is 5.91 Å². The van der Waals surface area contributed by atoms with Crippen LogP contribution < -0.4 is 5.32 Å². The molecule has 2 rings (SSSR count). The van der Waals surface area contributed by atoms with Crippen LogP contribution in [0.1, 0.15) is 31.9 Å². The van der Waals surface area contributed by atoms with Crippen molar-refractivity contribution in [2.45, 2.75) is 33.1 Å². The van der Waals surface area contributed by atoms with Crippen LogP contribution in [-0.4, -0.2) is 48.2 Å². The molecule has 0 unspecified atom stereocenters. The summed E-state index contributed by atoms with van der Waals surface area (Å²) in [6.07, 6.45) is 1.99. The van der Waals surface area contributed by atoms with Gasteiger partial charge in [0.25, 0.3) is 0 Å². The van der Waals surface area contributed by atoms with Crippen molar-refractivity contribution in [3.63, 3.8) is 0 Å². The molecule has 1 fully saturated rings. The minimum Gasteiger partial charge on any atom is -0.466 e. The molecule has 0 spiro atoms. The third-order valence-electron chi connectivity index (χ3n) is 3.76. The van der Waals surface area contributed by atoms with Crippen molar-refractivity contribution in [3.8, 4) is 0 Å². The van der Waals surface area contributed by atoms with Crippen LogP contribution in [0.3, 0.4) is 0 Å². The van der Waals surface area contributed by atoms with E-state index in [1.807, 2.05) is 6.92 Å². The number of piperidine rings is 1. The van der Waals surface area contributed by atoms with Crippen LogP contribution in [0.4, 0.5) is 5.82 Å². The number of nitrogens with one attached hydrogen (secondary N) is 1. The summed E-state index contributed by atoms with van der Waals surface area (Å²) in [7, 11) is 0. The molecule has 7 nitrogen and oxygen atoms in total. The number of carbonyl (C=O) groups excluding carboxylic acids is 2. The third-order valence-corrected chi connectivity index (χ3v) is 3.76. The van der Waals surface area contributed by atoms with E-state index in [9.17, 15) is 9.59 Å². The van der Waals surface area contributed by atoms with Crippen LogP contribution in [0.15, 0.2) is 10.6 Å². The number of aromatic nitrogens is 1. The van der Waals surface area contributed by atoms with E-state index in [2.05, 4.69) is 15.4 Å². The molecule has 1 aromatic heterocycles. The summed E-state index contributed by atoms with van der Waals surface area (Å²) in [5.41, 5.74) is 0. The zero-order valence-corrected chi connectivity index (χ0v) is 13.1. The first kappa shape index (κ1) is 16.5. The Morgan fingerprint density at radius 1 is 1.45 bits per heavy atom. The maximum Gasteiger partial charge on any atom is 0.309 e. The molecule has 0 aliphatic carbocycles. The number of ether oxygens (including phenoxy) is 1. The Labute approximate surface area is 130 Å². The van der Waals surface area contributed by atoms with Gasteiger partial charge in [-0.3, -0.25) is 9.59 Å².